The van der Waals surface area contributed by atoms with E-state index < -0.39 is 5.91 Å². The monoisotopic (exact) mass is 449 g/mol. The molecule has 6 N–H and O–H groups in total. The molecule has 4 rings (SSSR count). The van der Waals surface area contributed by atoms with Crippen LogP contribution in [0, 0.1) is 5.92 Å². The maximum atomic E-state index is 12.2. The number of H-pyrrole nitrogens is 1. The molecule has 0 bridgehead atoms. The number of hydrogen-bond acceptors (Lipinski definition) is 6. The summed E-state index contributed by atoms with van der Waals surface area (Å²) in [5.74, 6) is 3.04. The van der Waals surface area contributed by atoms with Crippen molar-refractivity contribution in [2.24, 2.45) is 17.4 Å². The molecule has 1 saturated heterocycles. The summed E-state index contributed by atoms with van der Waals surface area (Å²) >= 11 is 0. The average Bonchev–Trinajstić information content (AvgIpc) is 3.29. The number of nitrogens with two attached hydrogens (primary N) is 2. The number of aromatic amines is 1. The molecule has 8 nitrogen and oxygen atoms in total. The fraction of sp³-hybridized carbons (Fsp3) is 0.360. The summed E-state index contributed by atoms with van der Waals surface area (Å²) in [5.41, 5.74) is 13.3. The van der Waals surface area contributed by atoms with Crippen LogP contribution in [-0.2, 0) is 0 Å². The van der Waals surface area contributed by atoms with Crippen LogP contribution in [0.1, 0.15) is 41.5 Å². The highest BCUT2D eigenvalue weighted by Crippen LogP contribution is 2.35. The Kier molecular flexibility index (Phi) is 7.26. The van der Waals surface area contributed by atoms with Crippen molar-refractivity contribution in [3.05, 3.63) is 60.0 Å². The number of amides is 1. The van der Waals surface area contributed by atoms with E-state index in [1.165, 1.54) is 0 Å². The third-order valence-corrected chi connectivity index (χ3v) is 6.17. The van der Waals surface area contributed by atoms with E-state index in [4.69, 9.17) is 25.9 Å². The Morgan fingerprint density at radius 2 is 1.67 bits per heavy atom. The lowest BCUT2D eigenvalue weighted by molar-refractivity contribution is 0.0996. The number of carbonyl (C=O) groups excluding carboxylic acids is 1. The molecule has 0 radical (unpaired) electrons. The summed E-state index contributed by atoms with van der Waals surface area (Å²) in [4.78, 5) is 20.3. The highest BCUT2D eigenvalue weighted by Gasteiger charge is 2.29. The molecule has 3 aromatic rings. The normalized spacial score (nSPS) is 15.2. The second-order valence-corrected chi connectivity index (χ2v) is 8.28. The Morgan fingerprint density at radius 3 is 2.24 bits per heavy atom. The van der Waals surface area contributed by atoms with Crippen molar-refractivity contribution in [2.75, 3.05) is 26.7 Å². The van der Waals surface area contributed by atoms with Crippen molar-refractivity contribution in [2.45, 2.75) is 25.2 Å². The van der Waals surface area contributed by atoms with Crippen LogP contribution in [0.3, 0.4) is 0 Å². The number of hydrogen-bond donors (Lipinski definition) is 4. The Bertz CT molecular complexity index is 1060. The Morgan fingerprint density at radius 1 is 1.06 bits per heavy atom. The number of nitrogens with zero attached hydrogens (tertiary/aromatic N) is 1. The van der Waals surface area contributed by atoms with Crippen molar-refractivity contribution in [1.82, 2.24) is 15.3 Å². The first-order valence-corrected chi connectivity index (χ1v) is 11.3. The van der Waals surface area contributed by atoms with Gasteiger partial charge in [-0.15, -0.1) is 0 Å². The van der Waals surface area contributed by atoms with Crippen LogP contribution in [0.4, 0.5) is 0 Å². The molecular formula is C25H31N5O3. The number of methoxy groups -OCH3 is 1. The summed E-state index contributed by atoms with van der Waals surface area (Å²) in [6.45, 7) is 2.53. The summed E-state index contributed by atoms with van der Waals surface area (Å²) in [6.07, 6.45) is 2.93. The van der Waals surface area contributed by atoms with Gasteiger partial charge in [0, 0.05) is 11.5 Å². The minimum Gasteiger partial charge on any atom is -0.497 e. The van der Waals surface area contributed by atoms with Crippen molar-refractivity contribution in [3.63, 3.8) is 0 Å². The number of aromatic nitrogens is 2. The number of carbonyl (C=O) groups is 1. The minimum atomic E-state index is -0.529. The van der Waals surface area contributed by atoms with Gasteiger partial charge in [0.05, 0.1) is 7.11 Å². The predicted molar refractivity (Wildman–Crippen MR) is 128 cm³/mol. The molecule has 1 fully saturated rings. The lowest BCUT2D eigenvalue weighted by atomic mass is 9.82. The first-order chi connectivity index (χ1) is 16.1. The van der Waals surface area contributed by atoms with Crippen LogP contribution >= 0.6 is 0 Å². The second kappa shape index (κ2) is 10.5. The molecule has 0 spiro atoms. The van der Waals surface area contributed by atoms with Gasteiger partial charge in [-0.1, -0.05) is 0 Å². The van der Waals surface area contributed by atoms with Crippen LogP contribution in [0.5, 0.6) is 17.2 Å². The van der Waals surface area contributed by atoms with Crippen LogP contribution in [0.2, 0.25) is 0 Å². The molecule has 1 atom stereocenters. The molecule has 2 heterocycles. The standard InChI is InChI=1S/C25H31N5O3/c1-32-18-6-8-20(9-7-18)33-19-4-2-17(3-5-19)22-23(24(27)31)30-25(29-22)21(10-13-26)16-11-14-28-15-12-16/h2-9,16,21,28H,10-15,26H2,1H3,(H2,27,31)(H,29,30). The van der Waals surface area contributed by atoms with E-state index in [1.54, 1.807) is 7.11 Å². The summed E-state index contributed by atoms with van der Waals surface area (Å²) in [7, 11) is 1.62. The van der Waals surface area contributed by atoms with Gasteiger partial charge in [0.2, 0.25) is 0 Å². The zero-order valence-corrected chi connectivity index (χ0v) is 18.8. The molecule has 1 aliphatic rings. The lowest BCUT2D eigenvalue weighted by Gasteiger charge is -2.29. The summed E-state index contributed by atoms with van der Waals surface area (Å²) < 4.78 is 11.1. The van der Waals surface area contributed by atoms with E-state index in [0.29, 0.717) is 35.3 Å². The van der Waals surface area contributed by atoms with E-state index in [0.717, 1.165) is 49.5 Å². The third kappa shape index (κ3) is 5.35. The van der Waals surface area contributed by atoms with Crippen molar-refractivity contribution in [1.29, 1.82) is 0 Å². The van der Waals surface area contributed by atoms with Gasteiger partial charge in [0.25, 0.3) is 5.91 Å². The van der Waals surface area contributed by atoms with Gasteiger partial charge in [0.1, 0.15) is 34.5 Å². The highest BCUT2D eigenvalue weighted by molar-refractivity contribution is 5.97. The number of imidazole rings is 1. The number of ether oxygens (including phenoxy) is 2. The van der Waals surface area contributed by atoms with Crippen LogP contribution < -0.4 is 26.3 Å². The van der Waals surface area contributed by atoms with Gasteiger partial charge in [-0.3, -0.25) is 4.79 Å². The molecule has 2 aromatic carbocycles. The fourth-order valence-corrected chi connectivity index (χ4v) is 4.44. The number of rotatable bonds is 9. The average molecular weight is 450 g/mol. The van der Waals surface area contributed by atoms with E-state index >= 15 is 0 Å². The Hall–Kier alpha value is -3.36. The molecule has 33 heavy (non-hydrogen) atoms. The van der Waals surface area contributed by atoms with Crippen LogP contribution in [0.25, 0.3) is 11.3 Å². The zero-order valence-electron chi connectivity index (χ0n) is 18.8. The Labute approximate surface area is 193 Å². The van der Waals surface area contributed by atoms with Gasteiger partial charge in [-0.25, -0.2) is 4.98 Å². The third-order valence-electron chi connectivity index (χ3n) is 6.17. The highest BCUT2D eigenvalue weighted by atomic mass is 16.5. The van der Waals surface area contributed by atoms with Gasteiger partial charge >= 0.3 is 0 Å². The van der Waals surface area contributed by atoms with E-state index in [-0.39, 0.29) is 5.92 Å². The summed E-state index contributed by atoms with van der Waals surface area (Å²) in [5, 5.41) is 3.40. The molecule has 1 aromatic heterocycles. The molecule has 1 unspecified atom stereocenters. The molecule has 1 amide bonds. The summed E-state index contributed by atoms with van der Waals surface area (Å²) in [6, 6.07) is 14.8. The van der Waals surface area contributed by atoms with Gasteiger partial charge in [-0.2, -0.15) is 0 Å². The van der Waals surface area contributed by atoms with Crippen LogP contribution in [-0.4, -0.2) is 42.6 Å². The molecular weight excluding hydrogens is 418 g/mol. The quantitative estimate of drug-likeness (QED) is 0.396. The maximum absolute atomic E-state index is 12.2. The van der Waals surface area contributed by atoms with E-state index in [2.05, 4.69) is 10.3 Å². The fourth-order valence-electron chi connectivity index (χ4n) is 4.44. The van der Waals surface area contributed by atoms with E-state index in [9.17, 15) is 4.79 Å². The van der Waals surface area contributed by atoms with Crippen LogP contribution in [0.15, 0.2) is 48.5 Å². The zero-order chi connectivity index (χ0) is 23.2. The largest absolute Gasteiger partial charge is 0.497 e. The number of benzene rings is 2. The molecule has 1 aliphatic heterocycles. The maximum Gasteiger partial charge on any atom is 0.267 e. The lowest BCUT2D eigenvalue weighted by Crippen LogP contribution is -2.32. The predicted octanol–water partition coefficient (Wildman–Crippen LogP) is 3.41. The van der Waals surface area contributed by atoms with Gasteiger partial charge < -0.3 is 31.2 Å². The molecule has 174 valence electrons. The molecule has 8 heteroatoms. The molecule has 0 aliphatic carbocycles. The van der Waals surface area contributed by atoms with Crippen molar-refractivity contribution in [3.8, 4) is 28.5 Å². The molecule has 0 saturated carbocycles. The minimum absolute atomic E-state index is 0.168. The van der Waals surface area contributed by atoms with Crippen molar-refractivity contribution >= 4 is 5.91 Å². The topological polar surface area (TPSA) is 128 Å². The van der Waals surface area contributed by atoms with E-state index in [1.807, 2.05) is 48.5 Å². The van der Waals surface area contributed by atoms with Crippen molar-refractivity contribution < 1.29 is 14.3 Å². The second-order valence-electron chi connectivity index (χ2n) is 8.28. The number of piperidine rings is 1. The number of primary amides is 1. The van der Waals surface area contributed by atoms with Gasteiger partial charge in [-0.05, 0) is 93.3 Å². The Balaban J connectivity index is 1.58. The first-order valence-electron chi connectivity index (χ1n) is 11.3. The smallest absolute Gasteiger partial charge is 0.267 e. The number of nitrogens with one attached hydrogen (secondary N) is 2. The van der Waals surface area contributed by atoms with Gasteiger partial charge in [0.15, 0.2) is 0 Å². The SMILES string of the molecule is COc1ccc(Oc2ccc(-c3nc(C(CCN)C4CCNCC4)[nH]c3C(N)=O)cc2)cc1. The first kappa shape index (κ1) is 22.8.